The van der Waals surface area contributed by atoms with Gasteiger partial charge in [0.1, 0.15) is 12.4 Å². The van der Waals surface area contributed by atoms with Crippen LogP contribution >= 0.6 is 0 Å². The van der Waals surface area contributed by atoms with Gasteiger partial charge in [0.15, 0.2) is 5.78 Å². The summed E-state index contributed by atoms with van der Waals surface area (Å²) in [4.78, 5) is 12.1. The van der Waals surface area contributed by atoms with E-state index in [9.17, 15) is 9.00 Å². The Hall–Kier alpha value is -1.94. The van der Waals surface area contributed by atoms with Crippen molar-refractivity contribution in [3.8, 4) is 5.75 Å². The van der Waals surface area contributed by atoms with E-state index in [1.165, 1.54) is 6.26 Å². The normalized spacial score (nSPS) is 11.9. The van der Waals surface area contributed by atoms with Crippen molar-refractivity contribution in [1.29, 1.82) is 0 Å². The van der Waals surface area contributed by atoms with E-state index in [4.69, 9.17) is 4.74 Å². The molecule has 0 fully saturated rings. The van der Waals surface area contributed by atoms with Crippen LogP contribution in [0.3, 0.4) is 0 Å². The van der Waals surface area contributed by atoms with Gasteiger partial charge in [0.2, 0.25) is 0 Å². The third kappa shape index (κ3) is 4.26. The van der Waals surface area contributed by atoms with Crippen LogP contribution in [0.15, 0.2) is 48.5 Å². The highest BCUT2D eigenvalue weighted by Crippen LogP contribution is 2.19. The van der Waals surface area contributed by atoms with Crippen molar-refractivity contribution < 1.29 is 13.7 Å². The zero-order valence-electron chi connectivity index (χ0n) is 12.2. The molecule has 2 aromatic carbocycles. The van der Waals surface area contributed by atoms with E-state index in [0.29, 0.717) is 12.2 Å². The second kappa shape index (κ2) is 7.18. The fourth-order valence-electron chi connectivity index (χ4n) is 2.05. The molecule has 2 aromatic rings. The molecule has 4 heteroatoms. The lowest BCUT2D eigenvalue weighted by Crippen LogP contribution is -2.13. The maximum Gasteiger partial charge on any atom is 0.175 e. The number of rotatable bonds is 6. The molecule has 2 rings (SSSR count). The Labute approximate surface area is 127 Å². The largest absolute Gasteiger partial charge is 0.489 e. The third-order valence-corrected chi connectivity index (χ3v) is 3.80. The quantitative estimate of drug-likeness (QED) is 0.770. The van der Waals surface area contributed by atoms with E-state index in [2.05, 4.69) is 0 Å². The fourth-order valence-corrected chi connectivity index (χ4v) is 2.58. The molecule has 0 N–H and O–H groups in total. The van der Waals surface area contributed by atoms with E-state index in [1.807, 2.05) is 49.4 Å². The van der Waals surface area contributed by atoms with Crippen molar-refractivity contribution in [2.75, 3.05) is 12.0 Å². The number of hydrogen-bond acceptors (Lipinski definition) is 3. The first-order valence-corrected chi connectivity index (χ1v) is 8.40. The zero-order chi connectivity index (χ0) is 15.2. The van der Waals surface area contributed by atoms with Gasteiger partial charge < -0.3 is 4.74 Å². The number of carbonyl (C=O) groups is 1. The first-order valence-electron chi connectivity index (χ1n) is 6.67. The molecule has 0 bridgehead atoms. The lowest BCUT2D eigenvalue weighted by molar-refractivity contribution is 0.101. The monoisotopic (exact) mass is 302 g/mol. The summed E-state index contributed by atoms with van der Waals surface area (Å²) >= 11 is 0. The number of carbonyl (C=O) groups excluding carboxylic acids is 1. The smallest absolute Gasteiger partial charge is 0.175 e. The van der Waals surface area contributed by atoms with Crippen LogP contribution in [0.4, 0.5) is 0 Å². The summed E-state index contributed by atoms with van der Waals surface area (Å²) in [6, 6.07) is 15.1. The van der Waals surface area contributed by atoms with Crippen LogP contribution in [-0.4, -0.2) is 22.0 Å². The summed E-state index contributed by atoms with van der Waals surface area (Å²) in [7, 11) is -1.14. The molecule has 0 aromatic heterocycles. The predicted molar refractivity (Wildman–Crippen MR) is 85.2 cm³/mol. The van der Waals surface area contributed by atoms with Crippen molar-refractivity contribution in [3.63, 3.8) is 0 Å². The highest BCUT2D eigenvalue weighted by molar-refractivity contribution is 7.85. The van der Waals surface area contributed by atoms with Crippen LogP contribution in [-0.2, 0) is 17.4 Å². The van der Waals surface area contributed by atoms with E-state index in [1.54, 1.807) is 6.07 Å². The van der Waals surface area contributed by atoms with E-state index >= 15 is 0 Å². The van der Waals surface area contributed by atoms with E-state index in [-0.39, 0.29) is 11.5 Å². The van der Waals surface area contributed by atoms with Gasteiger partial charge in [0.05, 0.1) is 5.75 Å². The Morgan fingerprint density at radius 2 is 1.76 bits per heavy atom. The number of ketones is 1. The number of para-hydroxylation sites is 1. The molecule has 1 atom stereocenters. The molecular formula is C17H18O3S. The second-order valence-corrected chi connectivity index (χ2v) is 6.29. The van der Waals surface area contributed by atoms with Crippen LogP contribution in [0.2, 0.25) is 0 Å². The van der Waals surface area contributed by atoms with Gasteiger partial charge in [0, 0.05) is 28.2 Å². The van der Waals surface area contributed by atoms with Crippen LogP contribution in [0.1, 0.15) is 21.5 Å². The summed E-state index contributed by atoms with van der Waals surface area (Å²) in [5.74, 6) is 0.736. The molecule has 1 unspecified atom stereocenters. The molecule has 0 saturated heterocycles. The summed E-state index contributed by atoms with van der Waals surface area (Å²) < 4.78 is 17.0. The average molecular weight is 302 g/mol. The highest BCUT2D eigenvalue weighted by atomic mass is 32.2. The van der Waals surface area contributed by atoms with Gasteiger partial charge in [-0.1, -0.05) is 42.5 Å². The van der Waals surface area contributed by atoms with Crippen LogP contribution in [0, 0.1) is 6.92 Å². The first-order chi connectivity index (χ1) is 10.1. The minimum atomic E-state index is -1.14. The molecular weight excluding hydrogens is 284 g/mol. The molecule has 0 spiro atoms. The van der Waals surface area contributed by atoms with Crippen LogP contribution < -0.4 is 4.74 Å². The fraction of sp³-hybridized carbons (Fsp3) is 0.235. The standard InChI is InChI=1S/C17H18O3S/c1-13-7-3-6-10-17(13)20-11-14-8-4-5-9-15(14)16(18)12-21(2)19/h3-10H,11-12H2,1-2H3. The topological polar surface area (TPSA) is 43.4 Å². The number of Topliss-reactive ketones (excluding diaryl/α,β-unsaturated/α-hetero) is 1. The summed E-state index contributed by atoms with van der Waals surface area (Å²) in [5, 5.41) is 0. The van der Waals surface area contributed by atoms with Crippen molar-refractivity contribution in [1.82, 2.24) is 0 Å². The van der Waals surface area contributed by atoms with Crippen molar-refractivity contribution in [2.24, 2.45) is 0 Å². The van der Waals surface area contributed by atoms with Gasteiger partial charge in [-0.05, 0) is 18.6 Å². The number of hydrogen-bond donors (Lipinski definition) is 0. The molecule has 21 heavy (non-hydrogen) atoms. The van der Waals surface area contributed by atoms with Gasteiger partial charge in [-0.25, -0.2) is 0 Å². The molecule has 0 amide bonds. The molecule has 0 aliphatic rings. The van der Waals surface area contributed by atoms with Gasteiger partial charge in [-0.2, -0.15) is 0 Å². The minimum Gasteiger partial charge on any atom is -0.489 e. The van der Waals surface area contributed by atoms with Crippen LogP contribution in [0.5, 0.6) is 5.75 Å². The molecule has 110 valence electrons. The second-order valence-electron chi connectivity index (χ2n) is 4.85. The first kappa shape index (κ1) is 15.4. The maximum absolute atomic E-state index is 12.1. The van der Waals surface area contributed by atoms with Crippen molar-refractivity contribution in [2.45, 2.75) is 13.5 Å². The van der Waals surface area contributed by atoms with E-state index in [0.717, 1.165) is 16.9 Å². The van der Waals surface area contributed by atoms with Gasteiger partial charge in [-0.15, -0.1) is 0 Å². The Bertz CT molecular complexity index is 665. The van der Waals surface area contributed by atoms with Crippen molar-refractivity contribution >= 4 is 16.6 Å². The molecule has 0 heterocycles. The van der Waals surface area contributed by atoms with Gasteiger partial charge >= 0.3 is 0 Å². The number of ether oxygens (including phenoxy) is 1. The van der Waals surface area contributed by atoms with Gasteiger partial charge in [-0.3, -0.25) is 9.00 Å². The lowest BCUT2D eigenvalue weighted by Gasteiger charge is -2.11. The Kier molecular flexibility index (Phi) is 5.28. The summed E-state index contributed by atoms with van der Waals surface area (Å²) in [5.41, 5.74) is 2.45. The summed E-state index contributed by atoms with van der Waals surface area (Å²) in [6.07, 6.45) is 1.53. The maximum atomic E-state index is 12.1. The molecule has 3 nitrogen and oxygen atoms in total. The zero-order valence-corrected chi connectivity index (χ0v) is 13.0. The third-order valence-electron chi connectivity index (χ3n) is 3.13. The lowest BCUT2D eigenvalue weighted by atomic mass is 10.1. The highest BCUT2D eigenvalue weighted by Gasteiger charge is 2.13. The number of benzene rings is 2. The Balaban J connectivity index is 2.15. The van der Waals surface area contributed by atoms with E-state index < -0.39 is 10.8 Å². The Morgan fingerprint density at radius 1 is 1.10 bits per heavy atom. The average Bonchev–Trinajstić information content (AvgIpc) is 2.46. The predicted octanol–water partition coefficient (Wildman–Crippen LogP) is 3.14. The van der Waals surface area contributed by atoms with Crippen molar-refractivity contribution in [3.05, 3.63) is 65.2 Å². The van der Waals surface area contributed by atoms with Crippen LogP contribution in [0.25, 0.3) is 0 Å². The Morgan fingerprint density at radius 3 is 2.48 bits per heavy atom. The SMILES string of the molecule is Cc1ccccc1OCc1ccccc1C(=O)CS(C)=O. The van der Waals surface area contributed by atoms with Gasteiger partial charge in [0.25, 0.3) is 0 Å². The number of aryl methyl sites for hydroxylation is 1. The minimum absolute atomic E-state index is 0.0430. The molecule has 0 saturated carbocycles. The summed E-state index contributed by atoms with van der Waals surface area (Å²) in [6.45, 7) is 2.30. The molecule has 0 radical (unpaired) electrons. The molecule has 0 aliphatic carbocycles. The molecule has 0 aliphatic heterocycles.